The van der Waals surface area contributed by atoms with Crippen molar-refractivity contribution in [3.8, 4) is 0 Å². The van der Waals surface area contributed by atoms with Crippen molar-refractivity contribution in [2.24, 2.45) is 0 Å². The molecule has 1 aliphatic rings. The Morgan fingerprint density at radius 2 is 2.14 bits per heavy atom. The molecule has 1 heteroatoms. The van der Waals surface area contributed by atoms with Gasteiger partial charge in [-0.1, -0.05) is 37.9 Å². The molecule has 1 saturated carbocycles. The van der Waals surface area contributed by atoms with E-state index in [1.807, 2.05) is 0 Å². The van der Waals surface area contributed by atoms with Gasteiger partial charge in [0.25, 0.3) is 0 Å². The molecular formula is C6H11B. The van der Waals surface area contributed by atoms with Crippen molar-refractivity contribution in [1.29, 1.82) is 0 Å². The zero-order chi connectivity index (χ0) is 5.33. The zero-order valence-electron chi connectivity index (χ0n) is 4.91. The van der Waals surface area contributed by atoms with Gasteiger partial charge in [-0.3, -0.25) is 0 Å². The molecule has 38 valence electrons. The third-order valence-electron chi connectivity index (χ3n) is 1.64. The van der Waals surface area contributed by atoms with Gasteiger partial charge in [-0.25, -0.2) is 0 Å². The lowest BCUT2D eigenvalue weighted by molar-refractivity contribution is 0.727. The Balaban J connectivity index is 2.13. The topological polar surface area (TPSA) is 0 Å². The molecule has 0 amide bonds. The molecule has 0 saturated heterocycles. The first-order chi connectivity index (χ1) is 3.27. The summed E-state index contributed by atoms with van der Waals surface area (Å²) in [6.07, 6.45) is 5.01. The van der Waals surface area contributed by atoms with Crippen LogP contribution in [0.25, 0.3) is 0 Å². The lowest BCUT2D eigenvalue weighted by Gasteiger charge is -2.01. The Morgan fingerprint density at radius 1 is 1.57 bits per heavy atom. The smallest absolute Gasteiger partial charge is 0.0661 e. The zero-order valence-corrected chi connectivity index (χ0v) is 4.91. The first kappa shape index (κ1) is 5.21. The highest BCUT2D eigenvalue weighted by atomic mass is 14.3. The van der Waals surface area contributed by atoms with Gasteiger partial charge in [-0.15, -0.1) is 0 Å². The van der Waals surface area contributed by atoms with Gasteiger partial charge in [0.1, 0.15) is 0 Å². The van der Waals surface area contributed by atoms with Gasteiger partial charge in [0.2, 0.25) is 0 Å². The van der Waals surface area contributed by atoms with Crippen LogP contribution in [0.2, 0.25) is 5.31 Å². The predicted molar refractivity (Wildman–Crippen MR) is 32.6 cm³/mol. The quantitative estimate of drug-likeness (QED) is 0.458. The van der Waals surface area contributed by atoms with Crippen LogP contribution in [0.1, 0.15) is 32.6 Å². The van der Waals surface area contributed by atoms with E-state index in [0.717, 1.165) is 0 Å². The average molecular weight is 94.0 g/mol. The van der Waals surface area contributed by atoms with Crippen LogP contribution < -0.4 is 0 Å². The molecular weight excluding hydrogens is 82.9 g/mol. The highest BCUT2D eigenvalue weighted by Crippen LogP contribution is 2.53. The van der Waals surface area contributed by atoms with Crippen molar-refractivity contribution in [2.45, 2.75) is 37.9 Å². The van der Waals surface area contributed by atoms with Gasteiger partial charge in [0.15, 0.2) is 0 Å². The van der Waals surface area contributed by atoms with E-state index in [1.165, 1.54) is 25.7 Å². The van der Waals surface area contributed by atoms with Gasteiger partial charge in [-0.05, 0) is 0 Å². The fraction of sp³-hybridized carbons (Fsp3) is 1.00. The molecule has 1 rings (SSSR count). The minimum Gasteiger partial charge on any atom is -0.0661 e. The summed E-state index contributed by atoms with van der Waals surface area (Å²) >= 11 is 0. The lowest BCUT2D eigenvalue weighted by Crippen LogP contribution is -1.86. The highest BCUT2D eigenvalue weighted by Gasteiger charge is 2.34. The standard InChI is InChI=1S/C6H11B/c1-2-3-6(7)4-5-6/h2-5H2,1H3. The summed E-state index contributed by atoms with van der Waals surface area (Å²) in [4.78, 5) is 0. The summed E-state index contributed by atoms with van der Waals surface area (Å²) in [5.74, 6) is 0. The van der Waals surface area contributed by atoms with Crippen LogP contribution in [-0.2, 0) is 0 Å². The molecule has 0 aromatic rings. The number of hydrogen-bond donors (Lipinski definition) is 0. The fourth-order valence-electron chi connectivity index (χ4n) is 0.908. The van der Waals surface area contributed by atoms with Gasteiger partial charge < -0.3 is 0 Å². The summed E-state index contributed by atoms with van der Waals surface area (Å²) in [5.41, 5.74) is 0. The third-order valence-corrected chi connectivity index (χ3v) is 1.64. The normalized spacial score (nSPS) is 24.7. The Morgan fingerprint density at radius 3 is 2.29 bits per heavy atom. The Hall–Kier alpha value is 0.0649. The second-order valence-corrected chi connectivity index (χ2v) is 2.61. The molecule has 7 heavy (non-hydrogen) atoms. The van der Waals surface area contributed by atoms with E-state index in [1.54, 1.807) is 0 Å². The molecule has 0 N–H and O–H groups in total. The van der Waals surface area contributed by atoms with Crippen LogP contribution >= 0.6 is 0 Å². The SMILES string of the molecule is [B]C1(CCC)CC1. The van der Waals surface area contributed by atoms with E-state index in [0.29, 0.717) is 5.31 Å². The van der Waals surface area contributed by atoms with Crippen LogP contribution in [0.15, 0.2) is 0 Å². The number of hydrogen-bond acceptors (Lipinski definition) is 0. The summed E-state index contributed by atoms with van der Waals surface area (Å²) < 4.78 is 0. The van der Waals surface area contributed by atoms with Crippen molar-refractivity contribution in [1.82, 2.24) is 0 Å². The average Bonchev–Trinajstić information content (AvgIpc) is 2.22. The van der Waals surface area contributed by atoms with Crippen LogP contribution in [0.3, 0.4) is 0 Å². The van der Waals surface area contributed by atoms with E-state index in [-0.39, 0.29) is 0 Å². The van der Waals surface area contributed by atoms with Crippen LogP contribution in [0, 0.1) is 0 Å². The van der Waals surface area contributed by atoms with E-state index in [2.05, 4.69) is 6.92 Å². The van der Waals surface area contributed by atoms with Gasteiger partial charge >= 0.3 is 0 Å². The molecule has 0 atom stereocenters. The van der Waals surface area contributed by atoms with Crippen LogP contribution in [0.4, 0.5) is 0 Å². The molecule has 0 aliphatic heterocycles. The Labute approximate surface area is 46.7 Å². The molecule has 0 heterocycles. The molecule has 0 unspecified atom stereocenters. The monoisotopic (exact) mass is 94.1 g/mol. The molecule has 2 radical (unpaired) electrons. The summed E-state index contributed by atoms with van der Waals surface area (Å²) in [7, 11) is 5.76. The highest BCUT2D eigenvalue weighted by molar-refractivity contribution is 6.17. The van der Waals surface area contributed by atoms with Gasteiger partial charge in [-0.2, -0.15) is 0 Å². The summed E-state index contributed by atoms with van der Waals surface area (Å²) in [6.45, 7) is 2.19. The van der Waals surface area contributed by atoms with Crippen LogP contribution in [0.5, 0.6) is 0 Å². The Bertz CT molecular complexity index is 64.6. The molecule has 0 aromatic carbocycles. The summed E-state index contributed by atoms with van der Waals surface area (Å²) in [5, 5.41) is 0.300. The van der Waals surface area contributed by atoms with Crippen molar-refractivity contribution in [3.05, 3.63) is 0 Å². The maximum absolute atomic E-state index is 5.76. The minimum atomic E-state index is 0.300. The largest absolute Gasteiger partial charge is 0.0746 e. The molecule has 0 nitrogen and oxygen atoms in total. The van der Waals surface area contributed by atoms with E-state index < -0.39 is 0 Å². The first-order valence-electron chi connectivity index (χ1n) is 3.06. The van der Waals surface area contributed by atoms with E-state index >= 15 is 0 Å². The molecule has 1 aliphatic carbocycles. The van der Waals surface area contributed by atoms with Crippen molar-refractivity contribution in [2.75, 3.05) is 0 Å². The molecule has 0 bridgehead atoms. The van der Waals surface area contributed by atoms with Gasteiger partial charge in [0, 0.05) is 0 Å². The lowest BCUT2D eigenvalue weighted by atomic mass is 9.80. The van der Waals surface area contributed by atoms with Crippen molar-refractivity contribution < 1.29 is 0 Å². The maximum Gasteiger partial charge on any atom is 0.0746 e. The van der Waals surface area contributed by atoms with E-state index in [4.69, 9.17) is 7.85 Å². The maximum atomic E-state index is 5.76. The second kappa shape index (κ2) is 1.54. The molecule has 0 aromatic heterocycles. The van der Waals surface area contributed by atoms with E-state index in [9.17, 15) is 0 Å². The first-order valence-corrected chi connectivity index (χ1v) is 3.06. The second-order valence-electron chi connectivity index (χ2n) is 2.61. The molecule has 0 spiro atoms. The fourth-order valence-corrected chi connectivity index (χ4v) is 0.908. The third kappa shape index (κ3) is 1.22. The van der Waals surface area contributed by atoms with Crippen molar-refractivity contribution >= 4 is 7.85 Å². The summed E-state index contributed by atoms with van der Waals surface area (Å²) in [6, 6.07) is 0. The Kier molecular flexibility index (Phi) is 1.14. The number of rotatable bonds is 2. The van der Waals surface area contributed by atoms with Gasteiger partial charge in [0.05, 0.1) is 7.85 Å². The predicted octanol–water partition coefficient (Wildman–Crippen LogP) is 1.91. The molecule has 1 fully saturated rings. The minimum absolute atomic E-state index is 0.300. The van der Waals surface area contributed by atoms with Crippen molar-refractivity contribution in [3.63, 3.8) is 0 Å². The van der Waals surface area contributed by atoms with Crippen LogP contribution in [-0.4, -0.2) is 7.85 Å².